The van der Waals surface area contributed by atoms with E-state index < -0.39 is 0 Å². The molecule has 0 aliphatic rings. The van der Waals surface area contributed by atoms with Gasteiger partial charge in [-0.1, -0.05) is 27.1 Å². The van der Waals surface area contributed by atoms with E-state index in [1.54, 1.807) is 0 Å². The molecule has 0 aliphatic heterocycles. The molecule has 0 rings (SSSR count). The number of rotatable bonds is 0. The highest BCUT2D eigenvalue weighted by atomic mass is 28.3. The van der Waals surface area contributed by atoms with Crippen LogP contribution in [0.15, 0.2) is 0 Å². The van der Waals surface area contributed by atoms with Gasteiger partial charge in [-0.25, -0.2) is 0 Å². The summed E-state index contributed by atoms with van der Waals surface area (Å²) in [7, 11) is -0.139. The van der Waals surface area contributed by atoms with Crippen molar-refractivity contribution in [2.75, 3.05) is 0 Å². The molecule has 5 heavy (non-hydrogen) atoms. The quantitative estimate of drug-likeness (QED) is 0.397. The van der Waals surface area contributed by atoms with Crippen LogP contribution in [0.4, 0.5) is 0 Å². The fourth-order valence-electron chi connectivity index (χ4n) is 0. The van der Waals surface area contributed by atoms with E-state index in [9.17, 15) is 0 Å². The third-order valence-electron chi connectivity index (χ3n) is 0. The van der Waals surface area contributed by atoms with Crippen molar-refractivity contribution in [3.05, 3.63) is 0 Å². The molecule has 0 saturated heterocycles. The van der Waals surface area contributed by atoms with E-state index in [4.69, 9.17) is 0 Å². The average Bonchev–Trinajstić information content (AvgIpc) is 0.811. The molecule has 0 unspecified atom stereocenters. The Hall–Kier alpha value is 0.217. The van der Waals surface area contributed by atoms with Gasteiger partial charge in [-0.2, -0.15) is 0 Å². The second kappa shape index (κ2) is 4.22. The van der Waals surface area contributed by atoms with E-state index in [0.717, 1.165) is 0 Å². The molecular weight excluding hydrogens is 76.1 g/mol. The lowest BCUT2D eigenvalue weighted by molar-refractivity contribution is 1.91. The molecule has 0 radical (unpaired) electrons. The third kappa shape index (κ3) is 441. The molecule has 0 aromatic heterocycles. The second-order valence-corrected chi connectivity index (χ2v) is 5.20. The summed E-state index contributed by atoms with van der Waals surface area (Å²) in [5, 5.41) is 0. The highest BCUT2D eigenvalue weighted by Crippen LogP contribution is 1.68. The van der Waals surface area contributed by atoms with Crippen molar-refractivity contribution < 1.29 is 0 Å². The molecule has 0 aliphatic carbocycles. The zero-order chi connectivity index (χ0) is 3.58. The van der Waals surface area contributed by atoms with Crippen LogP contribution < -0.4 is 0 Å². The molecule has 0 aromatic carbocycles. The average molecular weight is 90.2 g/mol. The van der Waals surface area contributed by atoms with Gasteiger partial charge in [0.25, 0.3) is 0 Å². The van der Waals surface area contributed by atoms with Crippen LogP contribution in [-0.2, 0) is 0 Å². The van der Waals surface area contributed by atoms with Crippen LogP contribution in [0.3, 0.4) is 0 Å². The molecule has 0 heterocycles. The molecule has 0 spiro atoms. The van der Waals surface area contributed by atoms with Crippen molar-refractivity contribution in [1.29, 1.82) is 0 Å². The molecule has 0 bridgehead atoms. The van der Waals surface area contributed by atoms with E-state index in [-0.39, 0.29) is 16.2 Å². The molecular formula is C4H14Si. The molecule has 34 valence electrons. The van der Waals surface area contributed by atoms with E-state index in [1.807, 2.05) is 0 Å². The molecule has 0 aromatic rings. The smallest absolute Gasteiger partial charge is 0.0274 e. The van der Waals surface area contributed by atoms with Gasteiger partial charge in [-0.3, -0.25) is 0 Å². The highest BCUT2D eigenvalue weighted by Gasteiger charge is 1.71. The topological polar surface area (TPSA) is 0 Å². The molecule has 0 atom stereocenters. The highest BCUT2D eigenvalue weighted by molar-refractivity contribution is 6.54. The maximum atomic E-state index is 2.31. The fourth-order valence-corrected chi connectivity index (χ4v) is 0. The largest absolute Gasteiger partial charge is 0.0776 e. The lowest BCUT2D eigenvalue weighted by atomic mass is 11.8. The minimum atomic E-state index is -0.139. The normalized spacial score (nSPS) is 7.20. The van der Waals surface area contributed by atoms with Gasteiger partial charge in [0.15, 0.2) is 0 Å². The van der Waals surface area contributed by atoms with Crippen molar-refractivity contribution in [1.82, 2.24) is 0 Å². The van der Waals surface area contributed by atoms with Gasteiger partial charge < -0.3 is 0 Å². The van der Waals surface area contributed by atoms with Crippen LogP contribution in [-0.4, -0.2) is 8.80 Å². The predicted molar refractivity (Wildman–Crippen MR) is 31.5 cm³/mol. The zero-order valence-electron chi connectivity index (χ0n) is 3.58. The molecule has 0 N–H and O–H groups in total. The van der Waals surface area contributed by atoms with Crippen LogP contribution >= 0.6 is 0 Å². The Morgan fingerprint density at radius 1 is 1.00 bits per heavy atom. The van der Waals surface area contributed by atoms with Crippen LogP contribution in [0, 0.1) is 0 Å². The van der Waals surface area contributed by atoms with Gasteiger partial charge in [-0.15, -0.1) is 0 Å². The van der Waals surface area contributed by atoms with Crippen molar-refractivity contribution >= 4 is 8.80 Å². The first kappa shape index (κ1) is 8.96. The Labute approximate surface area is 36.8 Å². The van der Waals surface area contributed by atoms with Crippen LogP contribution in [0.1, 0.15) is 7.43 Å². The summed E-state index contributed by atoms with van der Waals surface area (Å²) < 4.78 is 0. The van der Waals surface area contributed by atoms with Crippen molar-refractivity contribution in [2.24, 2.45) is 0 Å². The first-order valence-corrected chi connectivity index (χ1v) is 5.20. The van der Waals surface area contributed by atoms with Crippen LogP contribution in [0.25, 0.3) is 0 Å². The molecule has 0 nitrogen and oxygen atoms in total. The summed E-state index contributed by atoms with van der Waals surface area (Å²) in [5.41, 5.74) is 0. The number of hydrogen-bond acceptors (Lipinski definition) is 0. The van der Waals surface area contributed by atoms with Gasteiger partial charge in [0, 0.05) is 8.80 Å². The Morgan fingerprint density at radius 2 is 1.00 bits per heavy atom. The molecule has 0 fully saturated rings. The summed E-state index contributed by atoms with van der Waals surface area (Å²) in [6.45, 7) is 6.92. The van der Waals surface area contributed by atoms with E-state index in [0.29, 0.717) is 0 Å². The molecule has 1 heteroatoms. The Bertz CT molecular complexity index is 8.36. The van der Waals surface area contributed by atoms with E-state index >= 15 is 0 Å². The van der Waals surface area contributed by atoms with Crippen molar-refractivity contribution in [3.8, 4) is 0 Å². The van der Waals surface area contributed by atoms with Gasteiger partial charge in [0.2, 0.25) is 0 Å². The summed E-state index contributed by atoms with van der Waals surface area (Å²) >= 11 is 0. The molecule has 0 amide bonds. The number of hydrogen-bond donors (Lipinski definition) is 0. The monoisotopic (exact) mass is 90.1 g/mol. The van der Waals surface area contributed by atoms with Gasteiger partial charge >= 0.3 is 0 Å². The van der Waals surface area contributed by atoms with Crippen LogP contribution in [0.2, 0.25) is 19.6 Å². The van der Waals surface area contributed by atoms with Crippen LogP contribution in [0.5, 0.6) is 0 Å². The maximum absolute atomic E-state index is 2.31. The summed E-state index contributed by atoms with van der Waals surface area (Å²) in [5.74, 6) is 0. The maximum Gasteiger partial charge on any atom is 0.0274 e. The van der Waals surface area contributed by atoms with Gasteiger partial charge in [0.05, 0.1) is 0 Å². The first-order chi connectivity index (χ1) is 1.73. The summed E-state index contributed by atoms with van der Waals surface area (Å²) in [6, 6.07) is 0. The molecule has 0 saturated carbocycles. The Kier molecular flexibility index (Phi) is 7.56. The summed E-state index contributed by atoms with van der Waals surface area (Å²) in [4.78, 5) is 0. The minimum Gasteiger partial charge on any atom is -0.0776 e. The van der Waals surface area contributed by atoms with Crippen molar-refractivity contribution in [3.63, 3.8) is 0 Å². The SMILES string of the molecule is C.C[SiH](C)C. The fraction of sp³-hybridized carbons (Fsp3) is 1.00. The third-order valence-corrected chi connectivity index (χ3v) is 0. The van der Waals surface area contributed by atoms with E-state index in [2.05, 4.69) is 19.6 Å². The lowest BCUT2D eigenvalue weighted by Gasteiger charge is -1.75. The standard InChI is InChI=1S/C3H10Si.CH4/c1-4(2)3;/h4H,1-3H3;1H4. The second-order valence-electron chi connectivity index (χ2n) is 1.73. The minimum absolute atomic E-state index is 0. The zero-order valence-corrected chi connectivity index (χ0v) is 4.73. The van der Waals surface area contributed by atoms with E-state index in [1.165, 1.54) is 0 Å². The summed E-state index contributed by atoms with van der Waals surface area (Å²) in [6.07, 6.45) is 0. The lowest BCUT2D eigenvalue weighted by Crippen LogP contribution is -1.84. The first-order valence-electron chi connectivity index (χ1n) is 1.73. The Morgan fingerprint density at radius 3 is 1.00 bits per heavy atom. The predicted octanol–water partition coefficient (Wildman–Crippen LogP) is 1.74. The van der Waals surface area contributed by atoms with Crippen molar-refractivity contribution in [2.45, 2.75) is 27.1 Å². The Balaban J connectivity index is 0. The van der Waals surface area contributed by atoms with Gasteiger partial charge in [-0.05, 0) is 0 Å². The van der Waals surface area contributed by atoms with Gasteiger partial charge in [0.1, 0.15) is 0 Å².